The van der Waals surface area contributed by atoms with Gasteiger partial charge in [-0.25, -0.2) is 9.59 Å². The summed E-state index contributed by atoms with van der Waals surface area (Å²) in [5.41, 5.74) is 0. The normalized spacial score (nSPS) is 9.95. The Morgan fingerprint density at radius 3 is 1.76 bits per heavy atom. The molecular formula is C15H24O5Si. The first-order valence-electron chi connectivity index (χ1n) is 6.95. The maximum atomic E-state index is 10.9. The number of hydrogen-bond acceptors (Lipinski definition) is 5. The van der Waals surface area contributed by atoms with Crippen molar-refractivity contribution >= 4 is 21.0 Å². The van der Waals surface area contributed by atoms with E-state index in [0.29, 0.717) is 19.8 Å². The van der Waals surface area contributed by atoms with E-state index in [1.807, 2.05) is 0 Å². The van der Waals surface area contributed by atoms with Crippen LogP contribution >= 0.6 is 0 Å². The summed E-state index contributed by atoms with van der Waals surface area (Å²) in [4.78, 5) is 21.8. The molecule has 0 radical (unpaired) electrons. The van der Waals surface area contributed by atoms with Crippen molar-refractivity contribution in [3.63, 3.8) is 0 Å². The van der Waals surface area contributed by atoms with E-state index in [1.54, 1.807) is 6.08 Å². The summed E-state index contributed by atoms with van der Waals surface area (Å²) >= 11 is 0. The first kappa shape index (κ1) is 19.3. The summed E-state index contributed by atoms with van der Waals surface area (Å²) in [6.07, 6.45) is 5.55. The molecule has 0 heterocycles. The third-order valence-corrected chi connectivity index (χ3v) is 5.38. The maximum absolute atomic E-state index is 10.9. The van der Waals surface area contributed by atoms with Gasteiger partial charge >= 0.3 is 11.9 Å². The van der Waals surface area contributed by atoms with E-state index in [2.05, 4.69) is 19.7 Å². The SMILES string of the molecule is C=CCO[SiH](CCCOC(=O)C=C)CCCOC(=O)C=C. The van der Waals surface area contributed by atoms with Gasteiger partial charge in [0.1, 0.15) is 0 Å². The highest BCUT2D eigenvalue weighted by atomic mass is 28.3. The largest absolute Gasteiger partial charge is 0.463 e. The highest BCUT2D eigenvalue weighted by molar-refractivity contribution is 6.51. The van der Waals surface area contributed by atoms with E-state index in [4.69, 9.17) is 13.9 Å². The molecule has 0 unspecified atom stereocenters. The van der Waals surface area contributed by atoms with E-state index >= 15 is 0 Å². The molecule has 0 rings (SSSR count). The first-order valence-corrected chi connectivity index (χ1v) is 9.05. The van der Waals surface area contributed by atoms with Crippen LogP contribution in [0.4, 0.5) is 0 Å². The molecule has 0 aromatic heterocycles. The zero-order valence-corrected chi connectivity index (χ0v) is 13.6. The highest BCUT2D eigenvalue weighted by Crippen LogP contribution is 2.09. The molecule has 0 aliphatic carbocycles. The maximum Gasteiger partial charge on any atom is 0.330 e. The molecule has 6 heteroatoms. The van der Waals surface area contributed by atoms with E-state index < -0.39 is 21.0 Å². The van der Waals surface area contributed by atoms with Gasteiger partial charge in [-0.3, -0.25) is 0 Å². The molecule has 0 amide bonds. The third kappa shape index (κ3) is 11.8. The van der Waals surface area contributed by atoms with Crippen LogP contribution in [0.3, 0.4) is 0 Å². The fraction of sp³-hybridized carbons (Fsp3) is 0.467. The molecule has 0 fully saturated rings. The van der Waals surface area contributed by atoms with Crippen molar-refractivity contribution < 1.29 is 23.5 Å². The lowest BCUT2D eigenvalue weighted by molar-refractivity contribution is -0.138. The van der Waals surface area contributed by atoms with E-state index in [1.165, 1.54) is 0 Å². The number of hydrogen-bond donors (Lipinski definition) is 0. The summed E-state index contributed by atoms with van der Waals surface area (Å²) in [5.74, 6) is -0.812. The molecule has 0 spiro atoms. The molecule has 21 heavy (non-hydrogen) atoms. The van der Waals surface area contributed by atoms with E-state index in [-0.39, 0.29) is 0 Å². The van der Waals surface area contributed by atoms with Crippen LogP contribution in [0, 0.1) is 0 Å². The van der Waals surface area contributed by atoms with Crippen molar-refractivity contribution in [3.8, 4) is 0 Å². The average molecular weight is 312 g/mol. The van der Waals surface area contributed by atoms with Crippen molar-refractivity contribution in [1.82, 2.24) is 0 Å². The quantitative estimate of drug-likeness (QED) is 0.171. The van der Waals surface area contributed by atoms with E-state index in [9.17, 15) is 9.59 Å². The lowest BCUT2D eigenvalue weighted by atomic mass is 10.5. The minimum atomic E-state index is -1.40. The molecule has 0 aliphatic heterocycles. The molecule has 0 aromatic rings. The summed E-state index contributed by atoms with van der Waals surface area (Å²) in [6.45, 7) is 11.6. The van der Waals surface area contributed by atoms with Gasteiger partial charge in [0.2, 0.25) is 0 Å². The van der Waals surface area contributed by atoms with Gasteiger partial charge in [0.05, 0.1) is 19.8 Å². The molecule has 5 nitrogen and oxygen atoms in total. The second-order valence-electron chi connectivity index (χ2n) is 4.27. The van der Waals surface area contributed by atoms with Gasteiger partial charge in [0, 0.05) is 12.2 Å². The Labute approximate surface area is 128 Å². The smallest absolute Gasteiger partial charge is 0.330 e. The minimum absolute atomic E-state index is 0.372. The van der Waals surface area contributed by atoms with Gasteiger partial charge in [-0.05, 0) is 24.9 Å². The molecule has 0 atom stereocenters. The minimum Gasteiger partial charge on any atom is -0.463 e. The Morgan fingerprint density at radius 2 is 1.38 bits per heavy atom. The van der Waals surface area contributed by atoms with Gasteiger partial charge in [-0.15, -0.1) is 6.58 Å². The second-order valence-corrected chi connectivity index (χ2v) is 7.00. The van der Waals surface area contributed by atoms with Crippen LogP contribution in [-0.2, 0) is 23.5 Å². The van der Waals surface area contributed by atoms with Crippen LogP contribution in [0.2, 0.25) is 12.1 Å². The van der Waals surface area contributed by atoms with Crippen molar-refractivity contribution in [1.29, 1.82) is 0 Å². The standard InChI is InChI=1S/C15H24O5Si/c1-4-9-20-21(12-7-10-18-14(16)5-2)13-8-11-19-15(17)6-3/h4-6,21H,1-3,7-13H2. The Kier molecular flexibility index (Phi) is 12.3. The molecule has 0 bridgehead atoms. The number of ether oxygens (including phenoxy) is 2. The van der Waals surface area contributed by atoms with Crippen molar-refractivity contribution in [3.05, 3.63) is 38.0 Å². The number of carbonyl (C=O) groups excluding carboxylic acids is 2. The molecule has 0 saturated heterocycles. The Hall–Kier alpha value is -1.66. The number of esters is 2. The summed E-state index contributed by atoms with van der Waals surface area (Å²) in [5, 5.41) is 0. The zero-order chi connectivity index (χ0) is 15.9. The van der Waals surface area contributed by atoms with Crippen LogP contribution < -0.4 is 0 Å². The summed E-state index contributed by atoms with van der Waals surface area (Å²) < 4.78 is 15.6. The molecule has 0 aromatic carbocycles. The molecule has 118 valence electrons. The van der Waals surface area contributed by atoms with Crippen LogP contribution in [0.25, 0.3) is 0 Å². The van der Waals surface area contributed by atoms with Crippen LogP contribution in [0.1, 0.15) is 12.8 Å². The Morgan fingerprint density at radius 1 is 0.905 bits per heavy atom. The molecular weight excluding hydrogens is 288 g/mol. The zero-order valence-electron chi connectivity index (χ0n) is 12.4. The lowest BCUT2D eigenvalue weighted by Crippen LogP contribution is -2.20. The van der Waals surface area contributed by atoms with Crippen molar-refractivity contribution in [2.45, 2.75) is 24.9 Å². The topological polar surface area (TPSA) is 61.8 Å². The van der Waals surface area contributed by atoms with Crippen molar-refractivity contribution in [2.24, 2.45) is 0 Å². The monoisotopic (exact) mass is 312 g/mol. The van der Waals surface area contributed by atoms with Crippen LogP contribution in [-0.4, -0.2) is 40.8 Å². The predicted molar refractivity (Wildman–Crippen MR) is 84.5 cm³/mol. The van der Waals surface area contributed by atoms with Gasteiger partial charge in [-0.1, -0.05) is 19.2 Å². The predicted octanol–water partition coefficient (Wildman–Crippen LogP) is 2.15. The van der Waals surface area contributed by atoms with Gasteiger partial charge in [-0.2, -0.15) is 0 Å². The van der Waals surface area contributed by atoms with Crippen molar-refractivity contribution in [2.75, 3.05) is 19.8 Å². The fourth-order valence-corrected chi connectivity index (χ4v) is 3.87. The second kappa shape index (κ2) is 13.3. The van der Waals surface area contributed by atoms with E-state index in [0.717, 1.165) is 37.1 Å². The average Bonchev–Trinajstić information content (AvgIpc) is 2.51. The Bertz CT molecular complexity index is 326. The number of rotatable bonds is 13. The lowest BCUT2D eigenvalue weighted by Gasteiger charge is -2.15. The summed E-state index contributed by atoms with van der Waals surface area (Å²) in [7, 11) is -1.40. The Balaban J connectivity index is 3.87. The molecule has 0 N–H and O–H groups in total. The third-order valence-electron chi connectivity index (χ3n) is 2.61. The van der Waals surface area contributed by atoms with Gasteiger partial charge < -0.3 is 13.9 Å². The highest BCUT2D eigenvalue weighted by Gasteiger charge is 2.12. The molecule has 0 saturated carbocycles. The van der Waals surface area contributed by atoms with Gasteiger partial charge in [0.15, 0.2) is 9.04 Å². The fourth-order valence-electron chi connectivity index (χ4n) is 1.60. The van der Waals surface area contributed by atoms with Crippen LogP contribution in [0.15, 0.2) is 38.0 Å². The summed E-state index contributed by atoms with van der Waals surface area (Å²) in [6, 6.07) is 1.79. The molecule has 0 aliphatic rings. The first-order chi connectivity index (χ1) is 10.1. The van der Waals surface area contributed by atoms with Gasteiger partial charge in [0.25, 0.3) is 0 Å². The number of carbonyl (C=O) groups is 2. The van der Waals surface area contributed by atoms with Crippen LogP contribution in [0.5, 0.6) is 0 Å².